The number of nitrogens with zero attached hydrogens (tertiary/aromatic N) is 1. The summed E-state index contributed by atoms with van der Waals surface area (Å²) in [5.74, 6) is 1.12. The van der Waals surface area contributed by atoms with E-state index < -0.39 is 0 Å². The largest absolute Gasteiger partial charge is 0.364 e. The van der Waals surface area contributed by atoms with E-state index in [2.05, 4.69) is 34.1 Å². The van der Waals surface area contributed by atoms with Crippen LogP contribution in [0.4, 0.5) is 0 Å². The van der Waals surface area contributed by atoms with Crippen LogP contribution >= 0.6 is 23.4 Å². The van der Waals surface area contributed by atoms with Gasteiger partial charge in [-0.15, -0.1) is 11.8 Å². The lowest BCUT2D eigenvalue weighted by atomic mass is 10.1. The molecule has 0 radical (unpaired) electrons. The molecule has 1 aromatic carbocycles. The zero-order valence-electron chi connectivity index (χ0n) is 12.1. The number of hydrogen-bond donors (Lipinski definition) is 1. The molecule has 1 atom stereocenters. The molecule has 1 aliphatic heterocycles. The Hall–Kier alpha value is -0.900. The van der Waals surface area contributed by atoms with Gasteiger partial charge in [0, 0.05) is 22.8 Å². The van der Waals surface area contributed by atoms with Gasteiger partial charge in [-0.25, -0.2) is 0 Å². The second kappa shape index (κ2) is 7.39. The molecule has 1 unspecified atom stereocenters. The quantitative estimate of drug-likeness (QED) is 0.597. The molecule has 0 saturated carbocycles. The van der Waals surface area contributed by atoms with Crippen molar-refractivity contribution in [3.63, 3.8) is 0 Å². The highest BCUT2D eigenvalue weighted by atomic mass is 35.5. The molecule has 1 N–H and O–H groups in total. The first kappa shape index (κ1) is 15.0. The first-order chi connectivity index (χ1) is 10.3. The molecule has 1 aromatic heterocycles. The van der Waals surface area contributed by atoms with Crippen LogP contribution in [0, 0.1) is 0 Å². The summed E-state index contributed by atoms with van der Waals surface area (Å²) in [6.07, 6.45) is 5.81. The number of benzene rings is 1. The molecule has 0 aliphatic carbocycles. The van der Waals surface area contributed by atoms with Gasteiger partial charge < -0.3 is 4.98 Å². The van der Waals surface area contributed by atoms with Crippen LogP contribution in [0.15, 0.2) is 47.5 Å². The third-order valence-electron chi connectivity index (χ3n) is 4.03. The van der Waals surface area contributed by atoms with Gasteiger partial charge in [0.05, 0.1) is 5.02 Å². The standard InChI is InChI=1S/C17H21ClN2S/c18-14-6-1-2-9-17(14)21-13-5-12-20-11-4-8-16(20)15-7-3-10-19-15/h1-3,6-7,9-10,16,19H,4-5,8,11-13H2. The molecule has 0 amide bonds. The van der Waals surface area contributed by atoms with E-state index in [1.807, 2.05) is 30.1 Å². The summed E-state index contributed by atoms with van der Waals surface area (Å²) in [6.45, 7) is 2.39. The molecule has 0 spiro atoms. The lowest BCUT2D eigenvalue weighted by Crippen LogP contribution is -2.25. The van der Waals surface area contributed by atoms with Gasteiger partial charge in [-0.2, -0.15) is 0 Å². The molecule has 1 aliphatic rings. The van der Waals surface area contributed by atoms with E-state index in [1.54, 1.807) is 0 Å². The fraction of sp³-hybridized carbons (Fsp3) is 0.412. The van der Waals surface area contributed by atoms with Crippen LogP contribution in [0.5, 0.6) is 0 Å². The Balaban J connectivity index is 1.46. The summed E-state index contributed by atoms with van der Waals surface area (Å²) < 4.78 is 0. The van der Waals surface area contributed by atoms with Gasteiger partial charge in [-0.05, 0) is 62.4 Å². The van der Waals surface area contributed by atoms with E-state index in [4.69, 9.17) is 11.6 Å². The fourth-order valence-electron chi connectivity index (χ4n) is 3.01. The molecular weight excluding hydrogens is 300 g/mol. The topological polar surface area (TPSA) is 19.0 Å². The Bertz CT molecular complexity index is 556. The van der Waals surface area contributed by atoms with E-state index in [0.29, 0.717) is 6.04 Å². The molecular formula is C17H21ClN2S. The van der Waals surface area contributed by atoms with Crippen molar-refractivity contribution in [2.45, 2.75) is 30.2 Å². The number of rotatable bonds is 6. The van der Waals surface area contributed by atoms with E-state index in [9.17, 15) is 0 Å². The maximum atomic E-state index is 6.19. The number of thioether (sulfide) groups is 1. The maximum Gasteiger partial charge on any atom is 0.0541 e. The normalized spacial score (nSPS) is 19.2. The highest BCUT2D eigenvalue weighted by Gasteiger charge is 2.25. The summed E-state index contributed by atoms with van der Waals surface area (Å²) >= 11 is 8.05. The van der Waals surface area contributed by atoms with Crippen molar-refractivity contribution in [2.24, 2.45) is 0 Å². The lowest BCUT2D eigenvalue weighted by Gasteiger charge is -2.23. The molecule has 1 saturated heterocycles. The number of halogens is 1. The van der Waals surface area contributed by atoms with E-state index in [-0.39, 0.29) is 0 Å². The van der Waals surface area contributed by atoms with Gasteiger partial charge in [0.2, 0.25) is 0 Å². The third-order valence-corrected chi connectivity index (χ3v) is 5.63. The molecule has 1 fully saturated rings. The van der Waals surface area contributed by atoms with Gasteiger partial charge in [0.1, 0.15) is 0 Å². The molecule has 4 heteroatoms. The average molecular weight is 321 g/mol. The number of H-pyrrole nitrogens is 1. The number of likely N-dealkylation sites (tertiary alicyclic amines) is 1. The molecule has 21 heavy (non-hydrogen) atoms. The molecule has 0 bridgehead atoms. The second-order valence-corrected chi connectivity index (χ2v) is 7.00. The molecule has 2 nitrogen and oxygen atoms in total. The summed E-state index contributed by atoms with van der Waals surface area (Å²) in [5.41, 5.74) is 1.37. The number of hydrogen-bond acceptors (Lipinski definition) is 2. The van der Waals surface area contributed by atoms with Gasteiger partial charge in [-0.1, -0.05) is 23.7 Å². The summed E-state index contributed by atoms with van der Waals surface area (Å²) in [6, 6.07) is 13.0. The van der Waals surface area contributed by atoms with Crippen molar-refractivity contribution in [3.8, 4) is 0 Å². The Morgan fingerprint density at radius 3 is 2.95 bits per heavy atom. The number of nitrogens with one attached hydrogen (secondary N) is 1. The molecule has 2 aromatic rings. The van der Waals surface area contributed by atoms with E-state index in [0.717, 1.165) is 10.8 Å². The van der Waals surface area contributed by atoms with Crippen molar-refractivity contribution in [3.05, 3.63) is 53.3 Å². The van der Waals surface area contributed by atoms with Crippen molar-refractivity contribution >= 4 is 23.4 Å². The van der Waals surface area contributed by atoms with Crippen molar-refractivity contribution < 1.29 is 0 Å². The Morgan fingerprint density at radius 2 is 2.14 bits per heavy atom. The van der Waals surface area contributed by atoms with Crippen molar-refractivity contribution in [2.75, 3.05) is 18.8 Å². The highest BCUT2D eigenvalue weighted by molar-refractivity contribution is 7.99. The zero-order chi connectivity index (χ0) is 14.5. The average Bonchev–Trinajstić information content (AvgIpc) is 3.16. The van der Waals surface area contributed by atoms with Crippen LogP contribution in [-0.2, 0) is 0 Å². The minimum absolute atomic E-state index is 0.588. The summed E-state index contributed by atoms with van der Waals surface area (Å²) in [4.78, 5) is 7.17. The number of aromatic amines is 1. The lowest BCUT2D eigenvalue weighted by molar-refractivity contribution is 0.255. The Morgan fingerprint density at radius 1 is 1.24 bits per heavy atom. The highest BCUT2D eigenvalue weighted by Crippen LogP contribution is 2.32. The SMILES string of the molecule is Clc1ccccc1SCCCN1CCCC1c1ccc[nH]1. The van der Waals surface area contributed by atoms with Crippen molar-refractivity contribution in [1.29, 1.82) is 0 Å². The molecule has 2 heterocycles. The van der Waals surface area contributed by atoms with E-state index in [1.165, 1.54) is 42.9 Å². The van der Waals surface area contributed by atoms with Gasteiger partial charge >= 0.3 is 0 Å². The zero-order valence-corrected chi connectivity index (χ0v) is 13.7. The van der Waals surface area contributed by atoms with Crippen molar-refractivity contribution in [1.82, 2.24) is 9.88 Å². The van der Waals surface area contributed by atoms with Crippen LogP contribution in [0.2, 0.25) is 5.02 Å². The fourth-order valence-corrected chi connectivity index (χ4v) is 4.18. The second-order valence-electron chi connectivity index (χ2n) is 5.45. The third kappa shape index (κ3) is 3.85. The summed E-state index contributed by atoms with van der Waals surface area (Å²) in [5, 5.41) is 0.868. The van der Waals surface area contributed by atoms with Gasteiger partial charge in [-0.3, -0.25) is 4.90 Å². The summed E-state index contributed by atoms with van der Waals surface area (Å²) in [7, 11) is 0. The molecule has 3 rings (SSSR count). The maximum absolute atomic E-state index is 6.19. The first-order valence-electron chi connectivity index (χ1n) is 7.59. The Kier molecular flexibility index (Phi) is 5.28. The van der Waals surface area contributed by atoms with Crippen LogP contribution < -0.4 is 0 Å². The smallest absolute Gasteiger partial charge is 0.0541 e. The Labute approximate surface area is 135 Å². The predicted octanol–water partition coefficient (Wildman–Crippen LogP) is 4.99. The monoisotopic (exact) mass is 320 g/mol. The van der Waals surface area contributed by atoms with Gasteiger partial charge in [0.25, 0.3) is 0 Å². The minimum Gasteiger partial charge on any atom is -0.364 e. The predicted molar refractivity (Wildman–Crippen MR) is 91.1 cm³/mol. The number of aromatic nitrogens is 1. The van der Waals surface area contributed by atoms with Crippen LogP contribution in [-0.4, -0.2) is 28.7 Å². The van der Waals surface area contributed by atoms with Crippen LogP contribution in [0.3, 0.4) is 0 Å². The van der Waals surface area contributed by atoms with E-state index >= 15 is 0 Å². The minimum atomic E-state index is 0.588. The van der Waals surface area contributed by atoms with Crippen LogP contribution in [0.1, 0.15) is 31.0 Å². The van der Waals surface area contributed by atoms with Crippen LogP contribution in [0.25, 0.3) is 0 Å². The van der Waals surface area contributed by atoms with Gasteiger partial charge in [0.15, 0.2) is 0 Å². The first-order valence-corrected chi connectivity index (χ1v) is 8.95. The molecule has 112 valence electrons.